The van der Waals surface area contributed by atoms with Gasteiger partial charge in [-0.2, -0.15) is 0 Å². The highest BCUT2D eigenvalue weighted by Gasteiger charge is 2.44. The van der Waals surface area contributed by atoms with Crippen molar-refractivity contribution in [2.24, 2.45) is 0 Å². The maximum Gasteiger partial charge on any atom is 0.0353 e. The highest BCUT2D eigenvalue weighted by molar-refractivity contribution is 5.45. The molecule has 98 valence electrons. The molecule has 1 unspecified atom stereocenters. The van der Waals surface area contributed by atoms with Crippen LogP contribution >= 0.6 is 0 Å². The largest absolute Gasteiger partial charge is 0.317 e. The monoisotopic (exact) mass is 244 g/mol. The Bertz CT molecular complexity index is 444. The summed E-state index contributed by atoms with van der Waals surface area (Å²) in [6.07, 6.45) is 3.90. The standard InChI is InChI=1S/C16H24N2/c1-12-4-5-13-14(10-12)16(6-8-17-9-7-16)11-15(13)18(2)3/h4-5,10,15,17H,6-9,11H2,1-3H3. The van der Waals surface area contributed by atoms with Crippen LogP contribution in [-0.2, 0) is 5.41 Å². The first-order chi connectivity index (χ1) is 8.62. The Hall–Kier alpha value is -0.860. The molecule has 1 heterocycles. The third kappa shape index (κ3) is 1.79. The van der Waals surface area contributed by atoms with E-state index in [2.05, 4.69) is 49.4 Å². The van der Waals surface area contributed by atoms with Gasteiger partial charge in [0.1, 0.15) is 0 Å². The topological polar surface area (TPSA) is 15.3 Å². The Morgan fingerprint density at radius 1 is 1.22 bits per heavy atom. The minimum Gasteiger partial charge on any atom is -0.317 e. The third-order valence-corrected chi connectivity index (χ3v) is 4.91. The lowest BCUT2D eigenvalue weighted by Crippen LogP contribution is -2.39. The van der Waals surface area contributed by atoms with E-state index in [4.69, 9.17) is 0 Å². The van der Waals surface area contributed by atoms with Crippen LogP contribution in [0.2, 0.25) is 0 Å². The lowest BCUT2D eigenvalue weighted by Gasteiger charge is -2.36. The van der Waals surface area contributed by atoms with Crippen LogP contribution in [0.5, 0.6) is 0 Å². The Morgan fingerprint density at radius 3 is 2.61 bits per heavy atom. The van der Waals surface area contributed by atoms with Gasteiger partial charge in [0, 0.05) is 6.04 Å². The molecule has 1 atom stereocenters. The van der Waals surface area contributed by atoms with Crippen molar-refractivity contribution in [1.82, 2.24) is 10.2 Å². The van der Waals surface area contributed by atoms with Crippen molar-refractivity contribution in [3.63, 3.8) is 0 Å². The van der Waals surface area contributed by atoms with Crippen LogP contribution < -0.4 is 5.32 Å². The van der Waals surface area contributed by atoms with Gasteiger partial charge in [0.25, 0.3) is 0 Å². The first-order valence-corrected chi connectivity index (χ1v) is 7.11. The van der Waals surface area contributed by atoms with E-state index in [9.17, 15) is 0 Å². The SMILES string of the molecule is Cc1ccc2c(c1)C1(CCNCC1)CC2N(C)C. The van der Waals surface area contributed by atoms with Gasteiger partial charge in [-0.15, -0.1) is 0 Å². The maximum absolute atomic E-state index is 3.51. The minimum atomic E-state index is 0.446. The second kappa shape index (κ2) is 4.36. The normalized spacial score (nSPS) is 25.7. The zero-order chi connectivity index (χ0) is 12.8. The van der Waals surface area contributed by atoms with Gasteiger partial charge in [-0.05, 0) is 69.9 Å². The first-order valence-electron chi connectivity index (χ1n) is 7.11. The van der Waals surface area contributed by atoms with E-state index in [1.54, 1.807) is 11.1 Å². The van der Waals surface area contributed by atoms with Gasteiger partial charge in [0.15, 0.2) is 0 Å². The molecule has 1 fully saturated rings. The van der Waals surface area contributed by atoms with E-state index in [0.29, 0.717) is 11.5 Å². The summed E-state index contributed by atoms with van der Waals surface area (Å²) in [5.41, 5.74) is 5.07. The van der Waals surface area contributed by atoms with Crippen molar-refractivity contribution < 1.29 is 0 Å². The minimum absolute atomic E-state index is 0.446. The Morgan fingerprint density at radius 2 is 1.94 bits per heavy atom. The molecule has 2 aliphatic rings. The van der Waals surface area contributed by atoms with E-state index >= 15 is 0 Å². The van der Waals surface area contributed by atoms with Gasteiger partial charge in [-0.3, -0.25) is 0 Å². The molecule has 1 aliphatic heterocycles. The smallest absolute Gasteiger partial charge is 0.0353 e. The highest BCUT2D eigenvalue weighted by Crippen LogP contribution is 2.51. The Kier molecular flexibility index (Phi) is 2.95. The molecule has 0 bridgehead atoms. The summed E-state index contributed by atoms with van der Waals surface area (Å²) >= 11 is 0. The molecule has 1 aliphatic carbocycles. The number of fused-ring (bicyclic) bond motifs is 2. The van der Waals surface area contributed by atoms with Gasteiger partial charge in [0.2, 0.25) is 0 Å². The summed E-state index contributed by atoms with van der Waals surface area (Å²) in [4.78, 5) is 2.39. The number of rotatable bonds is 1. The van der Waals surface area contributed by atoms with Crippen LogP contribution in [0.3, 0.4) is 0 Å². The summed E-state index contributed by atoms with van der Waals surface area (Å²) in [6, 6.07) is 7.70. The molecule has 1 saturated heterocycles. The van der Waals surface area contributed by atoms with Gasteiger partial charge in [-0.1, -0.05) is 23.8 Å². The fourth-order valence-electron chi connectivity index (χ4n) is 3.85. The second-order valence-electron chi connectivity index (χ2n) is 6.30. The predicted molar refractivity (Wildman–Crippen MR) is 76.0 cm³/mol. The highest BCUT2D eigenvalue weighted by atomic mass is 15.1. The molecule has 2 nitrogen and oxygen atoms in total. The number of nitrogens with one attached hydrogen (secondary N) is 1. The average molecular weight is 244 g/mol. The average Bonchev–Trinajstić information content (AvgIpc) is 2.65. The molecule has 0 radical (unpaired) electrons. The quantitative estimate of drug-likeness (QED) is 0.817. The number of hydrogen-bond donors (Lipinski definition) is 1. The van der Waals surface area contributed by atoms with E-state index in [-0.39, 0.29) is 0 Å². The van der Waals surface area contributed by atoms with Crippen LogP contribution in [0.15, 0.2) is 18.2 Å². The molecule has 0 aromatic heterocycles. The van der Waals surface area contributed by atoms with Gasteiger partial charge >= 0.3 is 0 Å². The van der Waals surface area contributed by atoms with Crippen LogP contribution in [0.25, 0.3) is 0 Å². The van der Waals surface area contributed by atoms with Gasteiger partial charge in [-0.25, -0.2) is 0 Å². The van der Waals surface area contributed by atoms with Crippen LogP contribution in [0, 0.1) is 6.92 Å². The number of aryl methyl sites for hydroxylation is 1. The van der Waals surface area contributed by atoms with E-state index in [0.717, 1.165) is 0 Å². The second-order valence-corrected chi connectivity index (χ2v) is 6.30. The van der Waals surface area contributed by atoms with E-state index in [1.807, 2.05) is 0 Å². The lowest BCUT2D eigenvalue weighted by molar-refractivity contribution is 0.223. The van der Waals surface area contributed by atoms with Crippen molar-refractivity contribution in [1.29, 1.82) is 0 Å². The van der Waals surface area contributed by atoms with Crippen molar-refractivity contribution in [2.75, 3.05) is 27.2 Å². The van der Waals surface area contributed by atoms with Gasteiger partial charge < -0.3 is 10.2 Å². The van der Waals surface area contributed by atoms with Crippen LogP contribution in [0.4, 0.5) is 0 Å². The molecular formula is C16H24N2. The molecule has 0 amide bonds. The van der Waals surface area contributed by atoms with Crippen molar-refractivity contribution >= 4 is 0 Å². The lowest BCUT2D eigenvalue weighted by atomic mass is 9.74. The Labute approximate surface area is 110 Å². The molecule has 18 heavy (non-hydrogen) atoms. The third-order valence-electron chi connectivity index (χ3n) is 4.91. The van der Waals surface area contributed by atoms with Crippen LogP contribution in [0.1, 0.15) is 42.0 Å². The summed E-state index contributed by atoms with van der Waals surface area (Å²) in [5.74, 6) is 0. The molecule has 3 rings (SSSR count). The molecule has 2 heteroatoms. The number of hydrogen-bond acceptors (Lipinski definition) is 2. The van der Waals surface area contributed by atoms with E-state index < -0.39 is 0 Å². The zero-order valence-corrected chi connectivity index (χ0v) is 11.8. The molecule has 1 aromatic carbocycles. The predicted octanol–water partition coefficient (Wildman–Crippen LogP) is 2.62. The van der Waals surface area contributed by atoms with Crippen molar-refractivity contribution in [3.05, 3.63) is 34.9 Å². The summed E-state index contributed by atoms with van der Waals surface area (Å²) in [6.45, 7) is 4.57. The fourth-order valence-corrected chi connectivity index (χ4v) is 3.85. The molecule has 1 N–H and O–H groups in total. The van der Waals surface area contributed by atoms with Crippen molar-refractivity contribution in [2.45, 2.75) is 37.6 Å². The number of benzene rings is 1. The number of nitrogens with zero attached hydrogens (tertiary/aromatic N) is 1. The molecular weight excluding hydrogens is 220 g/mol. The molecule has 1 aromatic rings. The summed E-state index contributed by atoms with van der Waals surface area (Å²) in [7, 11) is 4.43. The Balaban J connectivity index is 2.07. The summed E-state index contributed by atoms with van der Waals surface area (Å²) < 4.78 is 0. The molecule has 0 saturated carbocycles. The van der Waals surface area contributed by atoms with Crippen molar-refractivity contribution in [3.8, 4) is 0 Å². The number of piperidine rings is 1. The van der Waals surface area contributed by atoms with E-state index in [1.165, 1.54) is 37.9 Å². The van der Waals surface area contributed by atoms with Gasteiger partial charge in [0.05, 0.1) is 0 Å². The fraction of sp³-hybridized carbons (Fsp3) is 0.625. The first kappa shape index (κ1) is 12.2. The van der Waals surface area contributed by atoms with Crippen LogP contribution in [-0.4, -0.2) is 32.1 Å². The maximum atomic E-state index is 3.51. The molecule has 1 spiro atoms. The zero-order valence-electron chi connectivity index (χ0n) is 11.8. The summed E-state index contributed by atoms with van der Waals surface area (Å²) in [5, 5.41) is 3.51.